The zero-order chi connectivity index (χ0) is 20.1. The second kappa shape index (κ2) is 6.29. The maximum atomic E-state index is 12.8. The summed E-state index contributed by atoms with van der Waals surface area (Å²) in [5.74, 6) is -2.84. The van der Waals surface area contributed by atoms with Gasteiger partial charge in [-0.15, -0.1) is 0 Å². The number of aryl methyl sites for hydroxylation is 1. The van der Waals surface area contributed by atoms with E-state index in [1.807, 2.05) is 0 Å². The van der Waals surface area contributed by atoms with Crippen molar-refractivity contribution in [1.82, 2.24) is 9.80 Å². The van der Waals surface area contributed by atoms with Crippen molar-refractivity contribution in [3.05, 3.63) is 34.9 Å². The third-order valence-corrected chi connectivity index (χ3v) is 4.35. The molecule has 3 rings (SSSR count). The van der Waals surface area contributed by atoms with Gasteiger partial charge in [-0.05, 0) is 46.2 Å². The van der Waals surface area contributed by atoms with Gasteiger partial charge in [0, 0.05) is 6.42 Å². The molecule has 1 atom stereocenters. The van der Waals surface area contributed by atoms with Gasteiger partial charge in [0.2, 0.25) is 5.91 Å². The zero-order valence-electron chi connectivity index (χ0n) is 15.6. The van der Waals surface area contributed by atoms with Gasteiger partial charge < -0.3 is 4.74 Å². The van der Waals surface area contributed by atoms with Crippen molar-refractivity contribution in [3.63, 3.8) is 0 Å². The van der Waals surface area contributed by atoms with E-state index in [0.717, 1.165) is 10.5 Å². The molecule has 0 radical (unpaired) electrons. The minimum Gasteiger partial charge on any atom is -0.443 e. The van der Waals surface area contributed by atoms with Gasteiger partial charge in [-0.1, -0.05) is 11.6 Å². The largest absolute Gasteiger partial charge is 0.443 e. The molecule has 0 aromatic heterocycles. The van der Waals surface area contributed by atoms with Crippen molar-refractivity contribution < 1.29 is 28.7 Å². The number of fused-ring (bicyclic) bond motifs is 1. The lowest BCUT2D eigenvalue weighted by Gasteiger charge is -2.34. The average Bonchev–Trinajstić information content (AvgIpc) is 2.77. The fourth-order valence-corrected chi connectivity index (χ4v) is 3.16. The van der Waals surface area contributed by atoms with E-state index in [0.29, 0.717) is 4.90 Å². The van der Waals surface area contributed by atoms with Crippen LogP contribution < -0.4 is 0 Å². The van der Waals surface area contributed by atoms with Crippen LogP contribution in [0.4, 0.5) is 4.79 Å². The number of piperidine rings is 1. The summed E-state index contributed by atoms with van der Waals surface area (Å²) in [5.41, 5.74) is 0.322. The molecule has 0 N–H and O–H groups in total. The van der Waals surface area contributed by atoms with Crippen molar-refractivity contribution in [1.29, 1.82) is 0 Å². The van der Waals surface area contributed by atoms with Gasteiger partial charge in [0.05, 0.1) is 11.1 Å². The molecule has 1 unspecified atom stereocenters. The number of rotatable bonds is 1. The monoisotopic (exact) mass is 372 g/mol. The lowest BCUT2D eigenvalue weighted by molar-refractivity contribution is -0.149. The number of ether oxygens (including phenoxy) is 1. The first-order valence-corrected chi connectivity index (χ1v) is 8.59. The molecule has 2 aliphatic rings. The van der Waals surface area contributed by atoms with E-state index >= 15 is 0 Å². The highest BCUT2D eigenvalue weighted by molar-refractivity contribution is 6.24. The molecule has 1 fully saturated rings. The van der Waals surface area contributed by atoms with Crippen LogP contribution in [0.1, 0.15) is 59.9 Å². The highest BCUT2D eigenvalue weighted by atomic mass is 16.6. The fourth-order valence-electron chi connectivity index (χ4n) is 3.16. The molecule has 0 aliphatic carbocycles. The molecule has 8 heteroatoms. The van der Waals surface area contributed by atoms with E-state index in [1.165, 1.54) is 6.07 Å². The lowest BCUT2D eigenvalue weighted by atomic mass is 10.0. The Kier molecular flexibility index (Phi) is 4.37. The molecule has 1 saturated heterocycles. The summed E-state index contributed by atoms with van der Waals surface area (Å²) < 4.78 is 5.12. The van der Waals surface area contributed by atoms with Crippen molar-refractivity contribution in [2.24, 2.45) is 0 Å². The summed E-state index contributed by atoms with van der Waals surface area (Å²) in [7, 11) is 0. The molecule has 2 heterocycles. The number of likely N-dealkylation sites (tertiary alicyclic amines) is 1. The van der Waals surface area contributed by atoms with E-state index in [1.54, 1.807) is 39.8 Å². The number of benzene rings is 1. The second-order valence-corrected chi connectivity index (χ2v) is 7.63. The number of carbonyl (C=O) groups excluding carboxylic acids is 5. The average molecular weight is 372 g/mol. The highest BCUT2D eigenvalue weighted by Gasteiger charge is 2.49. The van der Waals surface area contributed by atoms with Crippen LogP contribution in [-0.4, -0.2) is 51.2 Å². The van der Waals surface area contributed by atoms with Crippen molar-refractivity contribution >= 4 is 29.7 Å². The third-order valence-electron chi connectivity index (χ3n) is 4.35. The first kappa shape index (κ1) is 18.8. The fraction of sp³-hybridized carbons (Fsp3) is 0.421. The van der Waals surface area contributed by atoms with Crippen LogP contribution in [0.2, 0.25) is 0 Å². The van der Waals surface area contributed by atoms with Crippen molar-refractivity contribution in [3.8, 4) is 0 Å². The number of hydrogen-bond donors (Lipinski definition) is 0. The number of hydrogen-bond acceptors (Lipinski definition) is 6. The first-order chi connectivity index (χ1) is 12.5. The Hall–Kier alpha value is -3.03. The van der Waals surface area contributed by atoms with Gasteiger partial charge >= 0.3 is 6.09 Å². The predicted octanol–water partition coefficient (Wildman–Crippen LogP) is 2.04. The maximum absolute atomic E-state index is 12.8. The molecule has 1 aromatic rings. The summed E-state index contributed by atoms with van der Waals surface area (Å²) in [6.07, 6.45) is -1.28. The molecule has 27 heavy (non-hydrogen) atoms. The SMILES string of the molecule is Cc1ccc2c(c1)C(=O)N(C1CCC(=O)N(C(=O)OC(C)(C)C)C1=O)C2=O. The van der Waals surface area contributed by atoms with Gasteiger partial charge in [0.15, 0.2) is 0 Å². The number of carbonyl (C=O) groups is 5. The van der Waals surface area contributed by atoms with E-state index in [4.69, 9.17) is 4.74 Å². The Morgan fingerprint density at radius 3 is 2.33 bits per heavy atom. The molecule has 0 bridgehead atoms. The standard InChI is InChI=1S/C19H20N2O6/c1-10-5-6-11-12(9-10)16(24)20(15(11)23)13-7-8-14(22)21(17(13)25)18(26)27-19(2,3)4/h5-6,9,13H,7-8H2,1-4H3. The molecule has 5 amide bonds. The van der Waals surface area contributed by atoms with Gasteiger partial charge in [0.1, 0.15) is 11.6 Å². The Morgan fingerprint density at radius 1 is 1.07 bits per heavy atom. The van der Waals surface area contributed by atoms with Crippen LogP contribution in [0.3, 0.4) is 0 Å². The quantitative estimate of drug-likeness (QED) is 0.699. The second-order valence-electron chi connectivity index (χ2n) is 7.63. The molecule has 1 aromatic carbocycles. The maximum Gasteiger partial charge on any atom is 0.424 e. The summed E-state index contributed by atoms with van der Waals surface area (Å²) >= 11 is 0. The first-order valence-electron chi connectivity index (χ1n) is 8.59. The molecule has 0 spiro atoms. The highest BCUT2D eigenvalue weighted by Crippen LogP contribution is 2.30. The van der Waals surface area contributed by atoms with E-state index in [2.05, 4.69) is 0 Å². The van der Waals surface area contributed by atoms with Crippen LogP contribution >= 0.6 is 0 Å². The third kappa shape index (κ3) is 3.22. The van der Waals surface area contributed by atoms with Gasteiger partial charge in [-0.3, -0.25) is 24.1 Å². The number of amides is 5. The van der Waals surface area contributed by atoms with E-state index in [9.17, 15) is 24.0 Å². The van der Waals surface area contributed by atoms with E-state index < -0.39 is 41.4 Å². The van der Waals surface area contributed by atoms with Gasteiger partial charge in [-0.2, -0.15) is 4.90 Å². The topological polar surface area (TPSA) is 101 Å². The summed E-state index contributed by atoms with van der Waals surface area (Å²) in [5, 5.41) is 0. The number of imide groups is 4. The minimum absolute atomic E-state index is 0.0264. The van der Waals surface area contributed by atoms with Crippen LogP contribution in [0.15, 0.2) is 18.2 Å². The van der Waals surface area contributed by atoms with Gasteiger partial charge in [0.25, 0.3) is 17.7 Å². The van der Waals surface area contributed by atoms with Crippen LogP contribution in [0.5, 0.6) is 0 Å². The summed E-state index contributed by atoms with van der Waals surface area (Å²) in [6.45, 7) is 6.60. The molecule has 2 aliphatic heterocycles. The van der Waals surface area contributed by atoms with Crippen LogP contribution in [-0.2, 0) is 14.3 Å². The molecular weight excluding hydrogens is 352 g/mol. The Labute approximate surface area is 156 Å². The molecular formula is C19H20N2O6. The molecule has 8 nitrogen and oxygen atoms in total. The Morgan fingerprint density at radius 2 is 1.70 bits per heavy atom. The smallest absolute Gasteiger partial charge is 0.424 e. The zero-order valence-corrected chi connectivity index (χ0v) is 15.6. The normalized spacial score (nSPS) is 20.2. The van der Waals surface area contributed by atoms with E-state index in [-0.39, 0.29) is 24.0 Å². The van der Waals surface area contributed by atoms with Crippen molar-refractivity contribution in [2.75, 3.05) is 0 Å². The summed E-state index contributed by atoms with van der Waals surface area (Å²) in [4.78, 5) is 63.9. The van der Waals surface area contributed by atoms with Crippen LogP contribution in [0, 0.1) is 6.92 Å². The molecule has 142 valence electrons. The predicted molar refractivity (Wildman–Crippen MR) is 92.8 cm³/mol. The Balaban J connectivity index is 1.91. The Bertz CT molecular complexity index is 883. The van der Waals surface area contributed by atoms with Crippen LogP contribution in [0.25, 0.3) is 0 Å². The lowest BCUT2D eigenvalue weighted by Crippen LogP contribution is -2.58. The van der Waals surface area contributed by atoms with Crippen molar-refractivity contribution in [2.45, 2.75) is 52.2 Å². The van der Waals surface area contributed by atoms with Gasteiger partial charge in [-0.25, -0.2) is 4.79 Å². The number of nitrogens with zero attached hydrogens (tertiary/aromatic N) is 2. The summed E-state index contributed by atoms with van der Waals surface area (Å²) in [6, 6.07) is 3.60. The molecule has 0 saturated carbocycles. The minimum atomic E-state index is -1.22.